The van der Waals surface area contributed by atoms with Crippen LogP contribution in [0.2, 0.25) is 0 Å². The Labute approximate surface area is 162 Å². The van der Waals surface area contributed by atoms with Crippen LogP contribution < -0.4 is 10.7 Å². The second kappa shape index (κ2) is 7.84. The van der Waals surface area contributed by atoms with E-state index in [2.05, 4.69) is 20.9 Å². The molecule has 1 aromatic heterocycles. The molecule has 0 fully saturated rings. The first-order chi connectivity index (χ1) is 13.3. The van der Waals surface area contributed by atoms with Gasteiger partial charge in [0.1, 0.15) is 5.25 Å². The van der Waals surface area contributed by atoms with E-state index < -0.39 is 0 Å². The van der Waals surface area contributed by atoms with E-state index in [1.54, 1.807) is 0 Å². The molecule has 0 radical (unpaired) electrons. The normalized spacial score (nSPS) is 18.4. The molecule has 0 saturated heterocycles. The molecule has 6 nitrogen and oxygen atoms in total. The molecule has 0 aliphatic carbocycles. The summed E-state index contributed by atoms with van der Waals surface area (Å²) in [7, 11) is 0. The summed E-state index contributed by atoms with van der Waals surface area (Å²) in [5, 5.41) is 12.0. The van der Waals surface area contributed by atoms with Gasteiger partial charge in [-0.2, -0.15) is 0 Å². The van der Waals surface area contributed by atoms with Gasteiger partial charge < -0.3 is 10.7 Å². The van der Waals surface area contributed by atoms with Gasteiger partial charge in [-0.1, -0.05) is 79.3 Å². The van der Waals surface area contributed by atoms with Crippen molar-refractivity contribution >= 4 is 17.7 Å². The Balaban J connectivity index is 1.71. The molecule has 0 spiro atoms. The lowest BCUT2D eigenvalue weighted by Gasteiger charge is -2.33. The summed E-state index contributed by atoms with van der Waals surface area (Å²) in [5.41, 5.74) is 5.51. The van der Waals surface area contributed by atoms with Crippen molar-refractivity contribution in [2.75, 3.05) is 12.0 Å². The topological polar surface area (TPSA) is 71.8 Å². The van der Waals surface area contributed by atoms with Crippen molar-refractivity contribution in [1.29, 1.82) is 0 Å². The van der Waals surface area contributed by atoms with E-state index in [0.29, 0.717) is 11.7 Å². The maximum Gasteiger partial charge on any atom is 0.236 e. The van der Waals surface area contributed by atoms with E-state index in [4.69, 9.17) is 0 Å². The number of amides is 1. The molecule has 1 aliphatic rings. The Kier molecular flexibility index (Phi) is 5.11. The lowest BCUT2D eigenvalue weighted by molar-refractivity contribution is -0.120. The minimum Gasteiger partial charge on any atom is -0.355 e. The Bertz CT molecular complexity index is 913. The summed E-state index contributed by atoms with van der Waals surface area (Å²) < 4.78 is 1.89. The van der Waals surface area contributed by atoms with Crippen molar-refractivity contribution in [3.05, 3.63) is 66.2 Å². The van der Waals surface area contributed by atoms with Crippen molar-refractivity contribution in [3.8, 4) is 11.4 Å². The Morgan fingerprint density at radius 2 is 1.81 bits per heavy atom. The van der Waals surface area contributed by atoms with E-state index in [0.717, 1.165) is 23.4 Å². The third-order valence-electron chi connectivity index (χ3n) is 4.43. The maximum absolute atomic E-state index is 12.8. The van der Waals surface area contributed by atoms with Gasteiger partial charge in [-0.3, -0.25) is 4.79 Å². The molecule has 2 aromatic carbocycles. The fourth-order valence-electron chi connectivity index (χ4n) is 3.09. The highest BCUT2D eigenvalue weighted by Crippen LogP contribution is 2.38. The lowest BCUT2D eigenvalue weighted by Crippen LogP contribution is -2.44. The number of rotatable bonds is 5. The Morgan fingerprint density at radius 3 is 2.52 bits per heavy atom. The molecule has 0 bridgehead atoms. The first-order valence-electron chi connectivity index (χ1n) is 9.04. The van der Waals surface area contributed by atoms with E-state index in [1.807, 2.05) is 72.3 Å². The van der Waals surface area contributed by atoms with Gasteiger partial charge in [0.15, 0.2) is 5.82 Å². The molecular formula is C20H21N5OS. The molecule has 7 heteroatoms. The smallest absolute Gasteiger partial charge is 0.236 e. The zero-order valence-electron chi connectivity index (χ0n) is 15.0. The zero-order valence-corrected chi connectivity index (χ0v) is 15.8. The maximum atomic E-state index is 12.8. The number of thioether (sulfide) groups is 1. The lowest BCUT2D eigenvalue weighted by atomic mass is 10.0. The summed E-state index contributed by atoms with van der Waals surface area (Å²) >= 11 is 1.45. The van der Waals surface area contributed by atoms with Gasteiger partial charge in [0.25, 0.3) is 0 Å². The second-order valence-electron chi connectivity index (χ2n) is 6.35. The molecule has 27 heavy (non-hydrogen) atoms. The summed E-state index contributed by atoms with van der Waals surface area (Å²) in [4.78, 5) is 12.8. The highest BCUT2D eigenvalue weighted by molar-refractivity contribution is 8.00. The predicted octanol–water partition coefficient (Wildman–Crippen LogP) is 3.23. The van der Waals surface area contributed by atoms with Crippen LogP contribution in [0.4, 0.5) is 0 Å². The van der Waals surface area contributed by atoms with Crippen LogP contribution in [-0.4, -0.2) is 32.6 Å². The summed E-state index contributed by atoms with van der Waals surface area (Å²) in [6, 6.07) is 19.8. The molecule has 2 N–H and O–H groups in total. The molecule has 0 saturated carbocycles. The molecule has 138 valence electrons. The largest absolute Gasteiger partial charge is 0.355 e. The van der Waals surface area contributed by atoms with Gasteiger partial charge in [-0.05, 0) is 12.0 Å². The fraction of sp³-hybridized carbons (Fsp3) is 0.250. The Morgan fingerprint density at radius 1 is 1.11 bits per heavy atom. The van der Waals surface area contributed by atoms with Crippen LogP contribution in [0.1, 0.15) is 24.9 Å². The van der Waals surface area contributed by atoms with E-state index >= 15 is 0 Å². The van der Waals surface area contributed by atoms with Gasteiger partial charge in [0.2, 0.25) is 11.1 Å². The molecule has 2 atom stereocenters. The van der Waals surface area contributed by atoms with Gasteiger partial charge in [0, 0.05) is 12.1 Å². The molecule has 1 aliphatic heterocycles. The highest BCUT2D eigenvalue weighted by atomic mass is 32.2. The zero-order chi connectivity index (χ0) is 18.6. The monoisotopic (exact) mass is 379 g/mol. The number of hydrogen-bond acceptors (Lipinski definition) is 5. The van der Waals surface area contributed by atoms with Crippen molar-refractivity contribution in [3.63, 3.8) is 0 Å². The number of benzene rings is 2. The number of aromatic nitrogens is 3. The van der Waals surface area contributed by atoms with Crippen LogP contribution in [0.5, 0.6) is 0 Å². The highest BCUT2D eigenvalue weighted by Gasteiger charge is 2.37. The van der Waals surface area contributed by atoms with Crippen LogP contribution in [0.15, 0.2) is 65.8 Å². The molecular weight excluding hydrogens is 358 g/mol. The van der Waals surface area contributed by atoms with Crippen molar-refractivity contribution in [2.45, 2.75) is 29.8 Å². The first-order valence-corrected chi connectivity index (χ1v) is 9.92. The number of carbonyl (C=O) groups excluding carboxylic acids is 1. The summed E-state index contributed by atoms with van der Waals surface area (Å²) in [6.45, 7) is 2.71. The number of carbonyl (C=O) groups is 1. The summed E-state index contributed by atoms with van der Waals surface area (Å²) in [5.74, 6) is 0.755. The van der Waals surface area contributed by atoms with Gasteiger partial charge >= 0.3 is 0 Å². The average molecular weight is 379 g/mol. The van der Waals surface area contributed by atoms with Crippen molar-refractivity contribution in [1.82, 2.24) is 20.2 Å². The van der Waals surface area contributed by atoms with Gasteiger partial charge in [0.05, 0.1) is 6.04 Å². The van der Waals surface area contributed by atoms with Gasteiger partial charge in [-0.25, -0.2) is 4.68 Å². The van der Waals surface area contributed by atoms with Crippen LogP contribution in [0.25, 0.3) is 11.4 Å². The average Bonchev–Trinajstić information content (AvgIpc) is 3.15. The van der Waals surface area contributed by atoms with E-state index in [1.165, 1.54) is 11.8 Å². The minimum atomic E-state index is -0.320. The third kappa shape index (κ3) is 3.55. The van der Waals surface area contributed by atoms with Gasteiger partial charge in [-0.15, -0.1) is 10.2 Å². The second-order valence-corrected chi connectivity index (χ2v) is 7.46. The number of nitrogens with one attached hydrogen (secondary N) is 2. The number of fused-ring (bicyclic) bond motifs is 1. The van der Waals surface area contributed by atoms with Crippen molar-refractivity contribution in [2.24, 2.45) is 0 Å². The van der Waals surface area contributed by atoms with Crippen molar-refractivity contribution < 1.29 is 4.79 Å². The van der Waals surface area contributed by atoms with E-state index in [-0.39, 0.29) is 17.2 Å². The standard InChI is InChI=1S/C20H21N5OS/c1-2-13-21-19(26)17-16(14-9-5-3-6-10-14)24-25-18(22-23-20(25)27-17)15-11-7-4-8-12-15/h3-12,16-17,24H,2,13H2,1H3,(H,21,26)/t16-,17+/m1/s1. The summed E-state index contributed by atoms with van der Waals surface area (Å²) in [6.07, 6.45) is 0.904. The SMILES string of the molecule is CCCNC(=O)[C@H]1Sc2nnc(-c3ccccc3)n2N[C@@H]1c1ccccc1. The fourth-order valence-corrected chi connectivity index (χ4v) is 4.19. The van der Waals surface area contributed by atoms with Crippen LogP contribution in [0, 0.1) is 0 Å². The minimum absolute atomic E-state index is 0.0127. The quantitative estimate of drug-likeness (QED) is 0.712. The number of hydrogen-bond donors (Lipinski definition) is 2. The Hall–Kier alpha value is -2.80. The third-order valence-corrected chi connectivity index (χ3v) is 5.65. The molecule has 1 amide bonds. The molecule has 2 heterocycles. The molecule has 0 unspecified atom stereocenters. The van der Waals surface area contributed by atoms with Crippen LogP contribution >= 0.6 is 11.8 Å². The van der Waals surface area contributed by atoms with Crippen LogP contribution in [-0.2, 0) is 4.79 Å². The van der Waals surface area contributed by atoms with E-state index in [9.17, 15) is 4.79 Å². The first kappa shape index (κ1) is 17.6. The molecule has 4 rings (SSSR count). The predicted molar refractivity (Wildman–Crippen MR) is 107 cm³/mol. The molecule has 3 aromatic rings. The number of nitrogens with zero attached hydrogens (tertiary/aromatic N) is 3. The van der Waals surface area contributed by atoms with Crippen LogP contribution in [0.3, 0.4) is 0 Å².